The Morgan fingerprint density at radius 3 is 2.55 bits per heavy atom. The number of rotatable bonds is 7. The largest absolute Gasteiger partial charge is 0.377 e. The van der Waals surface area contributed by atoms with Crippen LogP contribution in [-0.4, -0.2) is 47.2 Å². The summed E-state index contributed by atoms with van der Waals surface area (Å²) < 4.78 is 27.1. The van der Waals surface area contributed by atoms with E-state index in [-0.39, 0.29) is 6.54 Å². The lowest BCUT2D eigenvalue weighted by Gasteiger charge is -2.23. The Hall–Kier alpha value is -2.23. The second-order valence-corrected chi connectivity index (χ2v) is 9.95. The first kappa shape index (κ1) is 22.0. The summed E-state index contributed by atoms with van der Waals surface area (Å²) in [6.45, 7) is 2.95. The molecule has 3 aromatic rings. The van der Waals surface area contributed by atoms with E-state index in [0.717, 1.165) is 40.9 Å². The van der Waals surface area contributed by atoms with Crippen molar-refractivity contribution in [2.45, 2.75) is 32.7 Å². The van der Waals surface area contributed by atoms with Gasteiger partial charge < -0.3 is 5.11 Å². The molecule has 1 atom stereocenters. The van der Waals surface area contributed by atoms with Crippen molar-refractivity contribution in [2.75, 3.05) is 12.8 Å². The number of nitrogens with zero attached hydrogens (tertiary/aromatic N) is 3. The minimum Gasteiger partial charge on any atom is -0.377 e. The summed E-state index contributed by atoms with van der Waals surface area (Å²) in [6.07, 6.45) is 1.01. The molecule has 31 heavy (non-hydrogen) atoms. The average molecular weight is 461 g/mol. The third kappa shape index (κ3) is 4.68. The molecular weight excluding hydrogens is 436 g/mol. The Labute approximate surface area is 187 Å². The highest BCUT2D eigenvalue weighted by atomic mass is 35.5. The van der Waals surface area contributed by atoms with Gasteiger partial charge in [-0.05, 0) is 30.2 Å². The fraction of sp³-hybridized carbons (Fsp3) is 0.318. The molecule has 1 aliphatic rings. The normalized spacial score (nSPS) is 15.2. The van der Waals surface area contributed by atoms with Gasteiger partial charge in [0.2, 0.25) is 10.0 Å². The zero-order valence-electron chi connectivity index (χ0n) is 17.4. The second kappa shape index (κ2) is 8.72. The topological polar surface area (TPSA) is 87.5 Å². The summed E-state index contributed by atoms with van der Waals surface area (Å²) in [5, 5.41) is 16.1. The molecule has 1 aromatic heterocycles. The predicted molar refractivity (Wildman–Crippen MR) is 121 cm³/mol. The van der Waals surface area contributed by atoms with E-state index in [0.29, 0.717) is 18.1 Å². The van der Waals surface area contributed by atoms with E-state index in [9.17, 15) is 13.5 Å². The van der Waals surface area contributed by atoms with Crippen LogP contribution < -0.4 is 4.72 Å². The van der Waals surface area contributed by atoms with Crippen LogP contribution in [0.25, 0.3) is 16.9 Å². The van der Waals surface area contributed by atoms with E-state index in [1.54, 1.807) is 0 Å². The summed E-state index contributed by atoms with van der Waals surface area (Å²) >= 11 is 6.11. The maximum Gasteiger partial charge on any atom is 0.208 e. The van der Waals surface area contributed by atoms with Crippen LogP contribution in [0.15, 0.2) is 48.5 Å². The molecule has 9 heteroatoms. The highest BCUT2D eigenvalue weighted by Crippen LogP contribution is 2.36. The first-order chi connectivity index (χ1) is 14.8. The fourth-order valence-electron chi connectivity index (χ4n) is 3.90. The number of benzene rings is 2. The molecule has 1 unspecified atom stereocenters. The zero-order valence-corrected chi connectivity index (χ0v) is 19.0. The number of fused-ring (bicyclic) bond motifs is 1. The highest BCUT2D eigenvalue weighted by molar-refractivity contribution is 7.88. The van der Waals surface area contributed by atoms with Crippen LogP contribution in [-0.2, 0) is 29.5 Å². The fourth-order valence-corrected chi connectivity index (χ4v) is 4.48. The Morgan fingerprint density at radius 1 is 1.16 bits per heavy atom. The standard InChI is InChI=1S/C22H25ClN4O3S/c1-3-15-6-4-5-7-20(15)27-22(16-8-10-17(23)11-9-16)18-13-26(14-19(18)25-27)21(28)12-24-31(2,29)30/h4-11,21,24,28H,3,12-14H2,1-2H3. The number of hydrogen-bond acceptors (Lipinski definition) is 5. The van der Waals surface area contributed by atoms with Crippen LogP contribution in [0.5, 0.6) is 0 Å². The van der Waals surface area contributed by atoms with Crippen LogP contribution in [0.1, 0.15) is 23.7 Å². The summed E-state index contributed by atoms with van der Waals surface area (Å²) in [5.74, 6) is 0. The van der Waals surface area contributed by atoms with Crippen LogP contribution in [0.3, 0.4) is 0 Å². The number of aryl methyl sites for hydroxylation is 1. The molecular formula is C22H25ClN4O3S. The quantitative estimate of drug-likeness (QED) is 0.566. The van der Waals surface area contributed by atoms with Gasteiger partial charge in [-0.15, -0.1) is 0 Å². The maximum atomic E-state index is 11.4. The molecule has 0 amide bonds. The Morgan fingerprint density at radius 2 is 1.87 bits per heavy atom. The molecule has 4 rings (SSSR count). The molecule has 0 bridgehead atoms. The molecule has 0 spiro atoms. The molecule has 164 valence electrons. The van der Waals surface area contributed by atoms with Crippen molar-refractivity contribution in [3.05, 3.63) is 70.4 Å². The number of aliphatic hydroxyl groups is 1. The van der Waals surface area contributed by atoms with Crippen molar-refractivity contribution in [3.8, 4) is 16.9 Å². The van der Waals surface area contributed by atoms with Gasteiger partial charge in [0, 0.05) is 29.2 Å². The van der Waals surface area contributed by atoms with Crippen LogP contribution >= 0.6 is 11.6 Å². The van der Waals surface area contributed by atoms with Crippen molar-refractivity contribution in [3.63, 3.8) is 0 Å². The summed E-state index contributed by atoms with van der Waals surface area (Å²) in [6, 6.07) is 15.8. The number of halogens is 1. The Kier molecular flexibility index (Phi) is 6.18. The van der Waals surface area contributed by atoms with Crippen LogP contribution in [0, 0.1) is 0 Å². The summed E-state index contributed by atoms with van der Waals surface area (Å²) in [4.78, 5) is 1.81. The van der Waals surface area contributed by atoms with E-state index < -0.39 is 16.3 Å². The lowest BCUT2D eigenvalue weighted by molar-refractivity contribution is 0.00444. The molecule has 2 heterocycles. The van der Waals surface area contributed by atoms with E-state index >= 15 is 0 Å². The highest BCUT2D eigenvalue weighted by Gasteiger charge is 2.32. The van der Waals surface area contributed by atoms with Crippen LogP contribution in [0.2, 0.25) is 5.02 Å². The molecule has 7 nitrogen and oxygen atoms in total. The number of sulfonamides is 1. The lowest BCUT2D eigenvalue weighted by Crippen LogP contribution is -2.41. The summed E-state index contributed by atoms with van der Waals surface area (Å²) in [5.41, 5.74) is 6.04. The van der Waals surface area contributed by atoms with Crippen molar-refractivity contribution in [1.82, 2.24) is 19.4 Å². The number of para-hydroxylation sites is 1. The van der Waals surface area contributed by atoms with Gasteiger partial charge in [-0.25, -0.2) is 17.8 Å². The van der Waals surface area contributed by atoms with Crippen molar-refractivity contribution in [2.24, 2.45) is 0 Å². The van der Waals surface area contributed by atoms with Crippen molar-refractivity contribution < 1.29 is 13.5 Å². The lowest BCUT2D eigenvalue weighted by atomic mass is 10.1. The molecule has 1 aliphatic heterocycles. The van der Waals surface area contributed by atoms with E-state index in [1.165, 1.54) is 5.56 Å². The molecule has 2 N–H and O–H groups in total. The van der Waals surface area contributed by atoms with Gasteiger partial charge in [-0.1, -0.05) is 48.9 Å². The van der Waals surface area contributed by atoms with Gasteiger partial charge in [0.25, 0.3) is 0 Å². The monoisotopic (exact) mass is 460 g/mol. The number of aromatic nitrogens is 2. The smallest absolute Gasteiger partial charge is 0.208 e. The molecule has 0 fully saturated rings. The molecule has 0 saturated carbocycles. The molecule has 0 radical (unpaired) electrons. The first-order valence-electron chi connectivity index (χ1n) is 10.1. The van der Waals surface area contributed by atoms with Gasteiger partial charge in [0.05, 0.1) is 29.9 Å². The molecule has 2 aromatic carbocycles. The minimum absolute atomic E-state index is 0.0714. The Bertz CT molecular complexity index is 1190. The summed E-state index contributed by atoms with van der Waals surface area (Å²) in [7, 11) is -3.38. The minimum atomic E-state index is -3.38. The predicted octanol–water partition coefficient (Wildman–Crippen LogP) is 2.94. The van der Waals surface area contributed by atoms with E-state index in [2.05, 4.69) is 23.8 Å². The van der Waals surface area contributed by atoms with E-state index in [1.807, 2.05) is 46.0 Å². The third-order valence-corrected chi connectivity index (χ3v) is 6.39. The van der Waals surface area contributed by atoms with Gasteiger partial charge in [0.1, 0.15) is 6.23 Å². The van der Waals surface area contributed by atoms with E-state index in [4.69, 9.17) is 16.7 Å². The molecule has 0 saturated heterocycles. The van der Waals surface area contributed by atoms with Gasteiger partial charge in [-0.3, -0.25) is 4.90 Å². The van der Waals surface area contributed by atoms with Crippen molar-refractivity contribution >= 4 is 21.6 Å². The Balaban J connectivity index is 1.74. The van der Waals surface area contributed by atoms with Gasteiger partial charge in [-0.2, -0.15) is 5.10 Å². The van der Waals surface area contributed by atoms with Gasteiger partial charge in [0.15, 0.2) is 0 Å². The maximum absolute atomic E-state index is 11.4. The SMILES string of the molecule is CCc1ccccc1-n1nc2c(c1-c1ccc(Cl)cc1)CN(C(O)CNS(C)(=O)=O)C2. The number of aliphatic hydroxyl groups excluding tert-OH is 1. The number of hydrogen-bond donors (Lipinski definition) is 2. The third-order valence-electron chi connectivity index (χ3n) is 5.45. The van der Waals surface area contributed by atoms with Crippen molar-refractivity contribution in [1.29, 1.82) is 0 Å². The van der Waals surface area contributed by atoms with Gasteiger partial charge >= 0.3 is 0 Å². The number of nitrogens with one attached hydrogen (secondary N) is 1. The van der Waals surface area contributed by atoms with Crippen LogP contribution in [0.4, 0.5) is 0 Å². The second-order valence-electron chi connectivity index (χ2n) is 7.68. The first-order valence-corrected chi connectivity index (χ1v) is 12.4. The zero-order chi connectivity index (χ0) is 22.2. The molecule has 0 aliphatic carbocycles. The average Bonchev–Trinajstić information content (AvgIpc) is 3.30.